The fourth-order valence-electron chi connectivity index (χ4n) is 1.71. The molecule has 1 aromatic carbocycles. The fraction of sp³-hybridized carbons (Fsp3) is 0.154. The lowest BCUT2D eigenvalue weighted by atomic mass is 10.1. The van der Waals surface area contributed by atoms with E-state index in [0.717, 1.165) is 5.56 Å². The molecule has 9 heteroatoms. The van der Waals surface area contributed by atoms with Gasteiger partial charge in [0.15, 0.2) is 0 Å². The first-order valence-electron chi connectivity index (χ1n) is 5.90. The van der Waals surface area contributed by atoms with Crippen molar-refractivity contribution in [3.8, 4) is 0 Å². The van der Waals surface area contributed by atoms with Crippen LogP contribution in [0.1, 0.15) is 5.56 Å². The zero-order valence-electron chi connectivity index (χ0n) is 10.8. The minimum Gasteiger partial charge on any atom is -0.223 e. The summed E-state index contributed by atoms with van der Waals surface area (Å²) < 4.78 is -3.55. The maximum Gasteiger partial charge on any atom is 0.286 e. The molecule has 2 rings (SSSR count). The van der Waals surface area contributed by atoms with Gasteiger partial charge < -0.3 is 0 Å². The van der Waals surface area contributed by atoms with Crippen LogP contribution in [-0.2, 0) is 0 Å². The van der Waals surface area contributed by atoms with Gasteiger partial charge in [0.05, 0.1) is 11.9 Å². The average molecular weight is 420 g/mol. The number of rotatable bonds is 2. The zero-order chi connectivity index (χ0) is 16.4. The van der Waals surface area contributed by atoms with Crippen LogP contribution < -0.4 is 5.53 Å². The van der Waals surface area contributed by atoms with Crippen molar-refractivity contribution in [3.63, 3.8) is 0 Å². The first-order valence-corrected chi connectivity index (χ1v) is 8.16. The van der Waals surface area contributed by atoms with Gasteiger partial charge in [-0.15, -0.1) is 0 Å². The van der Waals surface area contributed by atoms with Gasteiger partial charge in [-0.05, 0) is 11.6 Å². The Kier molecular flexibility index (Phi) is 5.81. The van der Waals surface area contributed by atoms with E-state index in [1.54, 1.807) is 12.2 Å². The summed E-state index contributed by atoms with van der Waals surface area (Å²) in [5.74, 6) is 0. The number of nitrogens with zero attached hydrogens (tertiary/aromatic N) is 2. The summed E-state index contributed by atoms with van der Waals surface area (Å²) in [5, 5.41) is 5.01. The van der Waals surface area contributed by atoms with Gasteiger partial charge in [-0.2, -0.15) is 5.10 Å². The van der Waals surface area contributed by atoms with Crippen LogP contribution in [0.5, 0.6) is 0 Å². The molecule has 0 atom stereocenters. The molecule has 0 radical (unpaired) electrons. The molecule has 0 aromatic heterocycles. The Bertz CT molecular complexity index is 613. The van der Waals surface area contributed by atoms with Gasteiger partial charge >= 0.3 is 0 Å². The Morgan fingerprint density at radius 2 is 1.59 bits per heavy atom. The van der Waals surface area contributed by atoms with Crippen molar-refractivity contribution in [1.29, 1.82) is 0 Å². The van der Waals surface area contributed by atoms with E-state index in [4.69, 9.17) is 69.6 Å². The van der Waals surface area contributed by atoms with Crippen LogP contribution in [0.25, 0.3) is 6.08 Å². The predicted octanol–water partition coefficient (Wildman–Crippen LogP) is 5.46. The Hall–Kier alpha value is -0.290. The van der Waals surface area contributed by atoms with Crippen molar-refractivity contribution >= 4 is 81.9 Å². The number of hydrogen-bond donors (Lipinski definition) is 1. The van der Waals surface area contributed by atoms with Gasteiger partial charge in [-0.1, -0.05) is 106 Å². The maximum atomic E-state index is 5.97. The van der Waals surface area contributed by atoms with Crippen LogP contribution in [0.15, 0.2) is 52.8 Å². The lowest BCUT2D eigenvalue weighted by Crippen LogP contribution is -2.46. The van der Waals surface area contributed by atoms with Crippen molar-refractivity contribution in [1.82, 2.24) is 10.5 Å². The molecule has 1 aliphatic rings. The summed E-state index contributed by atoms with van der Waals surface area (Å²) in [6, 6.07) is 9.53. The number of alkyl halides is 6. The highest BCUT2D eigenvalue weighted by Crippen LogP contribution is 2.41. The van der Waals surface area contributed by atoms with Crippen molar-refractivity contribution in [2.24, 2.45) is 5.10 Å². The maximum absolute atomic E-state index is 5.97. The second kappa shape index (κ2) is 7.08. The SMILES string of the molecule is ClC(Cl)(Cl)C1=C(C=Cc2ccccc2)N(C(Cl)(Cl)Cl)NN=C1. The molecule has 1 N–H and O–H groups in total. The van der Waals surface area contributed by atoms with Gasteiger partial charge in [0.2, 0.25) is 3.79 Å². The van der Waals surface area contributed by atoms with Gasteiger partial charge in [0, 0.05) is 5.57 Å². The van der Waals surface area contributed by atoms with Crippen molar-refractivity contribution in [3.05, 3.63) is 53.2 Å². The quantitative estimate of drug-likeness (QED) is 0.509. The number of hydrazone groups is 1. The Morgan fingerprint density at radius 1 is 0.955 bits per heavy atom. The molecule has 0 saturated carbocycles. The van der Waals surface area contributed by atoms with Crippen LogP contribution in [-0.4, -0.2) is 18.9 Å². The average Bonchev–Trinajstić information content (AvgIpc) is 2.44. The molecular weight excluding hydrogens is 411 g/mol. The van der Waals surface area contributed by atoms with E-state index in [1.165, 1.54) is 11.2 Å². The van der Waals surface area contributed by atoms with Gasteiger partial charge in [-0.25, -0.2) is 10.5 Å². The highest BCUT2D eigenvalue weighted by molar-refractivity contribution is 6.71. The number of halogens is 6. The molecule has 0 saturated heterocycles. The summed E-state index contributed by atoms with van der Waals surface area (Å²) in [6.07, 6.45) is 4.84. The van der Waals surface area contributed by atoms with Crippen molar-refractivity contribution < 1.29 is 0 Å². The minimum absolute atomic E-state index is 0.273. The first kappa shape index (κ1) is 18.1. The molecule has 0 fully saturated rings. The van der Waals surface area contributed by atoms with Crippen molar-refractivity contribution in [2.75, 3.05) is 0 Å². The van der Waals surface area contributed by atoms with Crippen LogP contribution in [0.2, 0.25) is 0 Å². The highest BCUT2D eigenvalue weighted by Gasteiger charge is 2.38. The molecule has 22 heavy (non-hydrogen) atoms. The molecular formula is C13H9Cl6N3. The first-order chi connectivity index (χ1) is 10.2. The molecule has 0 spiro atoms. The smallest absolute Gasteiger partial charge is 0.223 e. The number of allylic oxidation sites excluding steroid dienone is 2. The molecule has 1 heterocycles. The molecule has 0 aliphatic carbocycles. The third-order valence-corrected chi connectivity index (χ3v) is 3.78. The molecule has 0 amide bonds. The fourth-order valence-corrected chi connectivity index (χ4v) is 2.53. The van der Waals surface area contributed by atoms with E-state index in [1.807, 2.05) is 30.3 Å². The van der Waals surface area contributed by atoms with E-state index in [0.29, 0.717) is 5.70 Å². The van der Waals surface area contributed by atoms with Crippen LogP contribution >= 0.6 is 69.6 Å². The number of benzene rings is 1. The predicted molar refractivity (Wildman–Crippen MR) is 96.5 cm³/mol. The number of hydrazine groups is 1. The largest absolute Gasteiger partial charge is 0.286 e. The van der Waals surface area contributed by atoms with Crippen LogP contribution in [0, 0.1) is 0 Å². The second-order valence-corrected chi connectivity index (χ2v) is 8.70. The summed E-state index contributed by atoms with van der Waals surface area (Å²) >= 11 is 35.7. The molecule has 0 bridgehead atoms. The molecule has 1 aliphatic heterocycles. The van der Waals surface area contributed by atoms with E-state index in [9.17, 15) is 0 Å². The minimum atomic E-state index is -1.82. The number of hydrogen-bond acceptors (Lipinski definition) is 3. The zero-order valence-corrected chi connectivity index (χ0v) is 15.3. The third-order valence-electron chi connectivity index (χ3n) is 2.66. The highest BCUT2D eigenvalue weighted by atomic mass is 35.6. The van der Waals surface area contributed by atoms with Crippen LogP contribution in [0.4, 0.5) is 0 Å². The summed E-state index contributed by atoms with van der Waals surface area (Å²) in [6.45, 7) is 0. The Morgan fingerprint density at radius 3 is 2.14 bits per heavy atom. The normalized spacial score (nSPS) is 16.4. The topological polar surface area (TPSA) is 27.6 Å². The van der Waals surface area contributed by atoms with E-state index < -0.39 is 7.71 Å². The van der Waals surface area contributed by atoms with Gasteiger partial charge in [-0.3, -0.25) is 0 Å². The lowest BCUT2D eigenvalue weighted by Gasteiger charge is -2.35. The second-order valence-electron chi connectivity index (χ2n) is 4.20. The van der Waals surface area contributed by atoms with Crippen molar-refractivity contribution in [2.45, 2.75) is 7.71 Å². The van der Waals surface area contributed by atoms with Gasteiger partial charge in [0.1, 0.15) is 0 Å². The Labute approximate surface area is 158 Å². The van der Waals surface area contributed by atoms with E-state index >= 15 is 0 Å². The molecule has 1 aromatic rings. The molecule has 0 unspecified atom stereocenters. The summed E-state index contributed by atoms with van der Waals surface area (Å²) in [7, 11) is 0. The lowest BCUT2D eigenvalue weighted by molar-refractivity contribution is 0.254. The van der Waals surface area contributed by atoms with Crippen LogP contribution in [0.3, 0.4) is 0 Å². The van der Waals surface area contributed by atoms with E-state index in [2.05, 4.69) is 10.6 Å². The molecule has 118 valence electrons. The summed E-state index contributed by atoms with van der Waals surface area (Å²) in [5.41, 5.74) is 4.15. The summed E-state index contributed by atoms with van der Waals surface area (Å²) in [4.78, 5) is 0. The monoisotopic (exact) mass is 417 g/mol. The Balaban J connectivity index is 2.48. The van der Waals surface area contributed by atoms with Gasteiger partial charge in [0.25, 0.3) is 3.92 Å². The third kappa shape index (κ3) is 4.60. The standard InChI is InChI=1S/C13H9Cl6N3/c14-12(15,16)10-8-20-21-22(13(17,18)19)11(10)7-6-9-4-2-1-3-5-9/h1-8,21H. The molecule has 3 nitrogen and oxygen atoms in total. The number of nitrogens with one attached hydrogen (secondary N) is 1. The van der Waals surface area contributed by atoms with E-state index in [-0.39, 0.29) is 5.57 Å².